The summed E-state index contributed by atoms with van der Waals surface area (Å²) in [5.41, 5.74) is 5.37. The highest BCUT2D eigenvalue weighted by molar-refractivity contribution is 5.98. The molecule has 2 aromatic rings. The van der Waals surface area contributed by atoms with Gasteiger partial charge in [0, 0.05) is 25.4 Å². The van der Waals surface area contributed by atoms with Crippen LogP contribution in [0.15, 0.2) is 30.9 Å². The van der Waals surface area contributed by atoms with Crippen molar-refractivity contribution in [1.29, 1.82) is 0 Å². The fourth-order valence-electron chi connectivity index (χ4n) is 4.19. The van der Waals surface area contributed by atoms with Gasteiger partial charge in [0.15, 0.2) is 0 Å². The van der Waals surface area contributed by atoms with Crippen LogP contribution in [-0.4, -0.2) is 22.0 Å². The van der Waals surface area contributed by atoms with Gasteiger partial charge < -0.3 is 9.47 Å². The summed E-state index contributed by atoms with van der Waals surface area (Å²) < 4.78 is 2.26. The number of imidazole rings is 1. The number of amides is 1. The molecule has 1 saturated carbocycles. The van der Waals surface area contributed by atoms with Gasteiger partial charge in [-0.25, -0.2) is 4.98 Å². The molecule has 1 fully saturated rings. The Kier molecular flexibility index (Phi) is 2.52. The van der Waals surface area contributed by atoms with Crippen LogP contribution in [0.4, 0.5) is 5.69 Å². The van der Waals surface area contributed by atoms with Crippen molar-refractivity contribution in [3.05, 3.63) is 47.5 Å². The molecule has 1 aromatic heterocycles. The van der Waals surface area contributed by atoms with Crippen LogP contribution >= 0.6 is 0 Å². The van der Waals surface area contributed by atoms with E-state index in [4.69, 9.17) is 0 Å². The van der Waals surface area contributed by atoms with Crippen LogP contribution in [0.2, 0.25) is 0 Å². The molecule has 3 aliphatic rings. The molecule has 1 aliphatic carbocycles. The molecule has 1 atom stereocenters. The lowest BCUT2D eigenvalue weighted by atomic mass is 9.92. The standard InChI is InChI=1S/C18H19N3O/c22-16-4-3-13-9-15(10-14-5-7-21(16)18(13)14)17(12-1-2-12)20-8-6-19-11-20/h6,8-12,17H,1-5,7H2/t17-/m0/s1. The Morgan fingerprint density at radius 2 is 1.95 bits per heavy atom. The topological polar surface area (TPSA) is 38.1 Å². The van der Waals surface area contributed by atoms with Crippen LogP contribution in [-0.2, 0) is 17.6 Å². The fraction of sp³-hybridized carbons (Fsp3) is 0.444. The first-order valence-corrected chi connectivity index (χ1v) is 8.25. The van der Waals surface area contributed by atoms with Crippen LogP contribution in [0.5, 0.6) is 0 Å². The molecule has 4 nitrogen and oxygen atoms in total. The Morgan fingerprint density at radius 3 is 2.68 bits per heavy atom. The van der Waals surface area contributed by atoms with Crippen molar-refractivity contribution in [2.75, 3.05) is 11.4 Å². The Hall–Kier alpha value is -2.10. The highest BCUT2D eigenvalue weighted by Gasteiger charge is 2.36. The van der Waals surface area contributed by atoms with Crippen molar-refractivity contribution in [1.82, 2.24) is 9.55 Å². The summed E-state index contributed by atoms with van der Waals surface area (Å²) in [5.74, 6) is 1.04. The summed E-state index contributed by atoms with van der Waals surface area (Å²) in [6.07, 6.45) is 11.1. The molecule has 4 heteroatoms. The molecule has 22 heavy (non-hydrogen) atoms. The number of aromatic nitrogens is 2. The van der Waals surface area contributed by atoms with E-state index in [2.05, 4.69) is 27.9 Å². The van der Waals surface area contributed by atoms with Gasteiger partial charge in [-0.15, -0.1) is 0 Å². The Labute approximate surface area is 129 Å². The smallest absolute Gasteiger partial charge is 0.227 e. The lowest BCUT2D eigenvalue weighted by molar-refractivity contribution is -0.118. The number of benzene rings is 1. The molecule has 1 amide bonds. The Bertz CT molecular complexity index is 746. The summed E-state index contributed by atoms with van der Waals surface area (Å²) in [4.78, 5) is 18.3. The SMILES string of the molecule is O=C1CCc2cc([C@H](C3CC3)n3ccnc3)cc3c2N1CC3. The fourth-order valence-corrected chi connectivity index (χ4v) is 4.19. The summed E-state index contributed by atoms with van der Waals surface area (Å²) in [6, 6.07) is 5.11. The van der Waals surface area contributed by atoms with Crippen molar-refractivity contribution in [3.63, 3.8) is 0 Å². The van der Waals surface area contributed by atoms with Crippen LogP contribution < -0.4 is 4.90 Å². The van der Waals surface area contributed by atoms with Gasteiger partial charge in [-0.05, 0) is 48.3 Å². The maximum atomic E-state index is 12.1. The van der Waals surface area contributed by atoms with E-state index >= 15 is 0 Å². The molecular formula is C18H19N3O. The summed E-state index contributed by atoms with van der Waals surface area (Å²) in [6.45, 7) is 0.865. The van der Waals surface area contributed by atoms with Gasteiger partial charge in [0.1, 0.15) is 0 Å². The van der Waals surface area contributed by atoms with E-state index in [-0.39, 0.29) is 0 Å². The number of carbonyl (C=O) groups excluding carboxylic acids is 1. The summed E-state index contributed by atoms with van der Waals surface area (Å²) in [7, 11) is 0. The minimum absolute atomic E-state index is 0.298. The largest absolute Gasteiger partial charge is 0.330 e. The third kappa shape index (κ3) is 1.76. The minimum Gasteiger partial charge on any atom is -0.330 e. The van der Waals surface area contributed by atoms with Gasteiger partial charge in [-0.2, -0.15) is 0 Å². The van der Waals surface area contributed by atoms with E-state index in [1.807, 2.05) is 17.4 Å². The Morgan fingerprint density at radius 1 is 1.14 bits per heavy atom. The maximum absolute atomic E-state index is 12.1. The zero-order valence-corrected chi connectivity index (χ0v) is 12.5. The van der Waals surface area contributed by atoms with E-state index in [1.165, 1.54) is 35.2 Å². The van der Waals surface area contributed by atoms with E-state index in [9.17, 15) is 4.79 Å². The third-order valence-corrected chi connectivity index (χ3v) is 5.33. The highest BCUT2D eigenvalue weighted by atomic mass is 16.2. The number of anilines is 1. The number of rotatable bonds is 3. The molecule has 0 spiro atoms. The molecule has 0 radical (unpaired) electrons. The number of carbonyl (C=O) groups is 1. The van der Waals surface area contributed by atoms with Crippen molar-refractivity contribution < 1.29 is 4.79 Å². The molecule has 3 heterocycles. The van der Waals surface area contributed by atoms with Gasteiger partial charge >= 0.3 is 0 Å². The third-order valence-electron chi connectivity index (χ3n) is 5.33. The highest BCUT2D eigenvalue weighted by Crippen LogP contribution is 2.46. The lowest BCUT2D eigenvalue weighted by Gasteiger charge is -2.27. The second-order valence-corrected chi connectivity index (χ2v) is 6.78. The first-order valence-electron chi connectivity index (χ1n) is 8.25. The van der Waals surface area contributed by atoms with Gasteiger partial charge in [-0.1, -0.05) is 12.1 Å². The predicted octanol–water partition coefficient (Wildman–Crippen LogP) is 2.72. The molecule has 5 rings (SSSR count). The number of hydrogen-bond acceptors (Lipinski definition) is 2. The van der Waals surface area contributed by atoms with Crippen LogP contribution in [0, 0.1) is 5.92 Å². The second-order valence-electron chi connectivity index (χ2n) is 6.78. The van der Waals surface area contributed by atoms with E-state index in [0.717, 1.165) is 25.3 Å². The zero-order valence-electron chi connectivity index (χ0n) is 12.5. The minimum atomic E-state index is 0.298. The first-order chi connectivity index (χ1) is 10.8. The van der Waals surface area contributed by atoms with Gasteiger partial charge in [0.05, 0.1) is 18.1 Å². The van der Waals surface area contributed by atoms with Crippen LogP contribution in [0.25, 0.3) is 0 Å². The zero-order chi connectivity index (χ0) is 14.7. The van der Waals surface area contributed by atoms with Crippen molar-refractivity contribution in [3.8, 4) is 0 Å². The normalized spacial score (nSPS) is 21.1. The molecule has 0 saturated heterocycles. The van der Waals surface area contributed by atoms with Crippen molar-refractivity contribution in [2.45, 2.75) is 38.1 Å². The second kappa shape index (κ2) is 4.45. The van der Waals surface area contributed by atoms with E-state index < -0.39 is 0 Å². The first kappa shape index (κ1) is 12.4. The van der Waals surface area contributed by atoms with Crippen LogP contribution in [0.3, 0.4) is 0 Å². The molecule has 0 N–H and O–H groups in total. The molecular weight excluding hydrogens is 274 g/mol. The predicted molar refractivity (Wildman–Crippen MR) is 83.9 cm³/mol. The summed E-state index contributed by atoms with van der Waals surface area (Å²) >= 11 is 0. The van der Waals surface area contributed by atoms with Crippen LogP contribution in [0.1, 0.15) is 42.0 Å². The van der Waals surface area contributed by atoms with Gasteiger partial charge in [0.25, 0.3) is 0 Å². The van der Waals surface area contributed by atoms with E-state index in [1.54, 1.807) is 0 Å². The van der Waals surface area contributed by atoms with Gasteiger partial charge in [0.2, 0.25) is 5.91 Å². The summed E-state index contributed by atoms with van der Waals surface area (Å²) in [5, 5.41) is 0. The molecule has 2 aliphatic heterocycles. The molecule has 112 valence electrons. The van der Waals surface area contributed by atoms with Crippen molar-refractivity contribution >= 4 is 11.6 Å². The lowest BCUT2D eigenvalue weighted by Crippen LogP contribution is -2.32. The quantitative estimate of drug-likeness (QED) is 0.872. The molecule has 0 unspecified atom stereocenters. The number of hydrogen-bond donors (Lipinski definition) is 0. The average molecular weight is 293 g/mol. The monoisotopic (exact) mass is 293 g/mol. The number of nitrogens with zero attached hydrogens (tertiary/aromatic N) is 3. The average Bonchev–Trinajstić information content (AvgIpc) is 3.03. The van der Waals surface area contributed by atoms with Crippen molar-refractivity contribution in [2.24, 2.45) is 5.92 Å². The van der Waals surface area contributed by atoms with Gasteiger partial charge in [-0.3, -0.25) is 4.79 Å². The van der Waals surface area contributed by atoms with E-state index in [0.29, 0.717) is 18.4 Å². The maximum Gasteiger partial charge on any atom is 0.227 e. The number of aryl methyl sites for hydroxylation is 1. The molecule has 1 aromatic carbocycles. The Balaban J connectivity index is 1.63. The molecule has 0 bridgehead atoms.